The number of thiazole rings is 1. The number of amides is 2. The molecule has 4 aromatic rings. The second-order valence-corrected chi connectivity index (χ2v) is 9.45. The summed E-state index contributed by atoms with van der Waals surface area (Å²) in [6, 6.07) is 13.5. The molecule has 0 spiro atoms. The van der Waals surface area contributed by atoms with Crippen molar-refractivity contribution in [3.63, 3.8) is 0 Å². The zero-order valence-corrected chi connectivity index (χ0v) is 20.5. The lowest BCUT2D eigenvalue weighted by molar-refractivity contribution is 0.0572. The summed E-state index contributed by atoms with van der Waals surface area (Å²) in [5.74, 6) is 1.18. The molecule has 9 heteroatoms. The van der Waals surface area contributed by atoms with Crippen LogP contribution < -0.4 is 9.47 Å². The van der Waals surface area contributed by atoms with E-state index in [9.17, 15) is 9.59 Å². The van der Waals surface area contributed by atoms with E-state index in [4.69, 9.17) is 14.0 Å². The third-order valence-corrected chi connectivity index (χ3v) is 6.55. The van der Waals surface area contributed by atoms with Gasteiger partial charge in [0.15, 0.2) is 5.76 Å². The average molecular weight is 490 g/mol. The number of ether oxygens (including phenoxy) is 2. The zero-order chi connectivity index (χ0) is 24.7. The van der Waals surface area contributed by atoms with Crippen LogP contribution in [0.3, 0.4) is 0 Å². The number of rotatable bonds is 7. The molecular weight excluding hydrogens is 466 g/mol. The van der Waals surface area contributed by atoms with Crippen LogP contribution in [0, 0.1) is 6.92 Å². The first-order chi connectivity index (χ1) is 16.8. The van der Waals surface area contributed by atoms with Crippen molar-refractivity contribution in [1.29, 1.82) is 0 Å². The summed E-state index contributed by atoms with van der Waals surface area (Å²) in [5, 5.41) is 4.66. The van der Waals surface area contributed by atoms with Gasteiger partial charge in [0.25, 0.3) is 17.0 Å². The number of carbonyl (C=O) groups excluding carboxylic acids is 2. The number of hydrogen-bond donors (Lipinski definition) is 0. The topological polar surface area (TPSA) is 94.8 Å². The lowest BCUT2D eigenvalue weighted by Gasteiger charge is -2.20. The first-order valence-electron chi connectivity index (χ1n) is 11.2. The predicted molar refractivity (Wildman–Crippen MR) is 130 cm³/mol. The van der Waals surface area contributed by atoms with Crippen molar-refractivity contribution in [2.24, 2.45) is 0 Å². The summed E-state index contributed by atoms with van der Waals surface area (Å²) in [6.45, 7) is 7.55. The Balaban J connectivity index is 1.33. The van der Waals surface area contributed by atoms with Gasteiger partial charge in [0, 0.05) is 5.56 Å². The smallest absolute Gasteiger partial charge is 0.279 e. The van der Waals surface area contributed by atoms with Crippen LogP contribution in [-0.2, 0) is 0 Å². The molecule has 8 nitrogen and oxygen atoms in total. The van der Waals surface area contributed by atoms with E-state index in [2.05, 4.69) is 10.1 Å². The molecule has 5 rings (SSSR count). The minimum Gasteiger partial charge on any atom is -0.491 e. The number of fused-ring (bicyclic) bond motifs is 1. The molecule has 2 aromatic heterocycles. The maximum atomic E-state index is 12.9. The van der Waals surface area contributed by atoms with Crippen molar-refractivity contribution in [1.82, 2.24) is 15.0 Å². The lowest BCUT2D eigenvalue weighted by atomic mass is 10.1. The van der Waals surface area contributed by atoms with E-state index < -0.39 is 6.04 Å². The van der Waals surface area contributed by atoms with Crippen molar-refractivity contribution in [2.45, 2.75) is 39.8 Å². The van der Waals surface area contributed by atoms with E-state index in [0.29, 0.717) is 33.5 Å². The van der Waals surface area contributed by atoms with E-state index in [0.717, 1.165) is 16.2 Å². The second-order valence-electron chi connectivity index (χ2n) is 8.45. The van der Waals surface area contributed by atoms with E-state index >= 15 is 0 Å². The molecule has 0 radical (unpaired) electrons. The highest BCUT2D eigenvalue weighted by Gasteiger charge is 2.40. The van der Waals surface area contributed by atoms with Crippen molar-refractivity contribution in [2.75, 3.05) is 0 Å². The Morgan fingerprint density at radius 2 is 1.57 bits per heavy atom. The quantitative estimate of drug-likeness (QED) is 0.292. The molecule has 0 aliphatic carbocycles. The van der Waals surface area contributed by atoms with Crippen LogP contribution in [0.4, 0.5) is 0 Å². The van der Waals surface area contributed by atoms with Gasteiger partial charge in [-0.05, 0) is 64.1 Å². The zero-order valence-electron chi connectivity index (χ0n) is 19.6. The number of nitrogens with zero attached hydrogens (tertiary/aromatic N) is 3. The fraction of sp³-hybridized carbons (Fsp3) is 0.231. The van der Waals surface area contributed by atoms with Gasteiger partial charge in [-0.1, -0.05) is 28.6 Å². The van der Waals surface area contributed by atoms with Crippen molar-refractivity contribution < 1.29 is 23.6 Å². The minimum atomic E-state index is -0.612. The van der Waals surface area contributed by atoms with Gasteiger partial charge >= 0.3 is 0 Å². The molecule has 35 heavy (non-hydrogen) atoms. The minimum absolute atomic E-state index is 0.0960. The lowest BCUT2D eigenvalue weighted by Crippen LogP contribution is -2.32. The van der Waals surface area contributed by atoms with Crippen LogP contribution in [0.25, 0.3) is 10.6 Å². The Bertz CT molecular complexity index is 1370. The van der Waals surface area contributed by atoms with Crippen LogP contribution >= 0.6 is 11.3 Å². The van der Waals surface area contributed by atoms with Gasteiger partial charge < -0.3 is 14.0 Å². The van der Waals surface area contributed by atoms with Crippen LogP contribution in [0.15, 0.2) is 59.3 Å². The predicted octanol–water partition coefficient (Wildman–Crippen LogP) is 6.04. The van der Waals surface area contributed by atoms with E-state index in [1.807, 2.05) is 45.0 Å². The highest BCUT2D eigenvalue weighted by molar-refractivity contribution is 7.16. The maximum absolute atomic E-state index is 12.9. The normalized spacial score (nSPS) is 13.9. The molecule has 0 saturated carbocycles. The monoisotopic (exact) mass is 489 g/mol. The van der Waals surface area contributed by atoms with Crippen LogP contribution in [0.1, 0.15) is 58.9 Å². The molecule has 178 valence electrons. The summed E-state index contributed by atoms with van der Waals surface area (Å²) in [7, 11) is 0. The molecule has 0 saturated heterocycles. The molecule has 0 bridgehead atoms. The fourth-order valence-corrected chi connectivity index (χ4v) is 4.84. The highest BCUT2D eigenvalue weighted by Crippen LogP contribution is 2.38. The number of carbonyl (C=O) groups is 2. The van der Waals surface area contributed by atoms with Gasteiger partial charge in [-0.15, -0.1) is 0 Å². The van der Waals surface area contributed by atoms with Gasteiger partial charge in [0.05, 0.1) is 34.3 Å². The van der Waals surface area contributed by atoms with Gasteiger partial charge in [-0.3, -0.25) is 14.5 Å². The Hall–Kier alpha value is -3.98. The molecule has 1 aliphatic rings. The molecule has 3 heterocycles. The van der Waals surface area contributed by atoms with Gasteiger partial charge in [-0.25, -0.2) is 4.98 Å². The first kappa shape index (κ1) is 22.8. The van der Waals surface area contributed by atoms with Crippen LogP contribution in [0.5, 0.6) is 16.7 Å². The van der Waals surface area contributed by atoms with Crippen LogP contribution in [0.2, 0.25) is 0 Å². The summed E-state index contributed by atoms with van der Waals surface area (Å²) < 4.78 is 17.1. The number of hydrogen-bond acceptors (Lipinski definition) is 8. The summed E-state index contributed by atoms with van der Waals surface area (Å²) >= 11 is 1.32. The Morgan fingerprint density at radius 1 is 0.943 bits per heavy atom. The SMILES string of the molecule is Cc1c(-c2cnc(Oc3ccc(OC(C)C)cc3)s2)noc1C(C)N1C(=O)c2ccccc2C1=O. The third kappa shape index (κ3) is 4.19. The molecule has 2 amide bonds. The summed E-state index contributed by atoms with van der Waals surface area (Å²) in [4.78, 5) is 32.1. The average Bonchev–Trinajstić information content (AvgIpc) is 3.52. The molecule has 0 fully saturated rings. The third-order valence-electron chi connectivity index (χ3n) is 5.67. The van der Waals surface area contributed by atoms with Gasteiger partial charge in [0.1, 0.15) is 17.2 Å². The van der Waals surface area contributed by atoms with E-state index in [1.54, 1.807) is 37.4 Å². The van der Waals surface area contributed by atoms with Gasteiger partial charge in [-0.2, -0.15) is 0 Å². The molecule has 0 N–H and O–H groups in total. The maximum Gasteiger partial charge on any atom is 0.279 e. The van der Waals surface area contributed by atoms with Crippen molar-refractivity contribution >= 4 is 23.2 Å². The second kappa shape index (κ2) is 8.99. The van der Waals surface area contributed by atoms with Crippen LogP contribution in [-0.4, -0.2) is 33.0 Å². The van der Waals surface area contributed by atoms with E-state index in [-0.39, 0.29) is 17.9 Å². The Morgan fingerprint density at radius 3 is 2.20 bits per heavy atom. The number of benzene rings is 2. The molecular formula is C26H23N3O5S. The molecule has 1 unspecified atom stereocenters. The number of aromatic nitrogens is 2. The summed E-state index contributed by atoms with van der Waals surface area (Å²) in [5.41, 5.74) is 2.13. The Kier molecular flexibility index (Phi) is 5.86. The fourth-order valence-electron chi connectivity index (χ4n) is 4.02. The standard InChI is InChI=1S/C26H23N3O5S/c1-14(2)32-17-9-11-18(12-10-17)33-26-27-13-21(35-26)22-15(3)23(34-28-22)16(4)29-24(30)19-7-5-6-8-20(19)25(29)31/h5-14,16H,1-4H3. The molecule has 1 atom stereocenters. The highest BCUT2D eigenvalue weighted by atomic mass is 32.1. The van der Waals surface area contributed by atoms with E-state index in [1.165, 1.54) is 16.2 Å². The van der Waals surface area contributed by atoms with Gasteiger partial charge in [0.2, 0.25) is 0 Å². The molecule has 1 aliphatic heterocycles. The van der Waals surface area contributed by atoms with Crippen molar-refractivity contribution in [3.8, 4) is 27.3 Å². The Labute approximate surface area is 206 Å². The first-order valence-corrected chi connectivity index (χ1v) is 12.0. The molecule has 2 aromatic carbocycles. The largest absolute Gasteiger partial charge is 0.491 e. The summed E-state index contributed by atoms with van der Waals surface area (Å²) in [6.07, 6.45) is 1.76. The van der Waals surface area contributed by atoms with Crippen molar-refractivity contribution in [3.05, 3.63) is 77.2 Å². The number of imide groups is 1.